The lowest BCUT2D eigenvalue weighted by Crippen LogP contribution is -2.37. The molecule has 0 bridgehead atoms. The van der Waals surface area contributed by atoms with Crippen LogP contribution < -0.4 is 10.1 Å². The molecule has 32 heavy (non-hydrogen) atoms. The van der Waals surface area contributed by atoms with Gasteiger partial charge in [-0.05, 0) is 61.7 Å². The van der Waals surface area contributed by atoms with Crippen molar-refractivity contribution in [3.8, 4) is 5.75 Å². The van der Waals surface area contributed by atoms with Crippen molar-refractivity contribution < 1.29 is 14.3 Å². The molecule has 0 atom stereocenters. The molecule has 1 aliphatic heterocycles. The summed E-state index contributed by atoms with van der Waals surface area (Å²) in [6, 6.07) is 19.3. The van der Waals surface area contributed by atoms with Gasteiger partial charge < -0.3 is 15.0 Å². The predicted molar refractivity (Wildman–Crippen MR) is 129 cm³/mol. The van der Waals surface area contributed by atoms with Crippen LogP contribution in [0.1, 0.15) is 32.6 Å². The zero-order valence-electron chi connectivity index (χ0n) is 18.2. The summed E-state index contributed by atoms with van der Waals surface area (Å²) >= 11 is 3.44. The Labute approximate surface area is 196 Å². The first-order chi connectivity index (χ1) is 15.4. The number of halogens is 1. The van der Waals surface area contributed by atoms with Crippen molar-refractivity contribution in [1.29, 1.82) is 0 Å². The number of nitrogens with zero attached hydrogens (tertiary/aromatic N) is 1. The van der Waals surface area contributed by atoms with Gasteiger partial charge in [0.2, 0.25) is 0 Å². The van der Waals surface area contributed by atoms with Gasteiger partial charge in [-0.15, -0.1) is 0 Å². The summed E-state index contributed by atoms with van der Waals surface area (Å²) in [5.41, 5.74) is 5.52. The normalized spacial score (nSPS) is 13.0. The van der Waals surface area contributed by atoms with E-state index in [4.69, 9.17) is 4.74 Å². The highest BCUT2D eigenvalue weighted by molar-refractivity contribution is 9.10. The van der Waals surface area contributed by atoms with Crippen LogP contribution in [-0.2, 0) is 17.8 Å². The van der Waals surface area contributed by atoms with Gasteiger partial charge in [0.25, 0.3) is 11.8 Å². The number of carbonyl (C=O) groups is 2. The highest BCUT2D eigenvalue weighted by Crippen LogP contribution is 2.29. The maximum Gasteiger partial charge on any atom is 0.262 e. The summed E-state index contributed by atoms with van der Waals surface area (Å²) in [5.74, 6) is 0.350. The largest absolute Gasteiger partial charge is 0.483 e. The van der Waals surface area contributed by atoms with E-state index in [9.17, 15) is 9.59 Å². The maximum absolute atomic E-state index is 13.1. The lowest BCUT2D eigenvalue weighted by Gasteiger charge is -2.29. The average Bonchev–Trinajstić information content (AvgIpc) is 2.78. The minimum Gasteiger partial charge on any atom is -0.483 e. The molecule has 0 fully saturated rings. The third-order valence-corrected chi connectivity index (χ3v) is 6.11. The molecule has 0 spiro atoms. The molecule has 1 heterocycles. The number of ether oxygens (including phenoxy) is 1. The fraction of sp³-hybridized carbons (Fsp3) is 0.231. The number of rotatable bonds is 6. The Balaban J connectivity index is 1.42. The molecule has 3 aromatic carbocycles. The Hall–Kier alpha value is -3.12. The van der Waals surface area contributed by atoms with Gasteiger partial charge in [0, 0.05) is 34.4 Å². The maximum atomic E-state index is 13.1. The predicted octanol–water partition coefficient (Wildman–Crippen LogP) is 5.28. The second kappa shape index (κ2) is 9.57. The highest BCUT2D eigenvalue weighted by Gasteiger charge is 2.27. The first-order valence-corrected chi connectivity index (χ1v) is 11.4. The quantitative estimate of drug-likeness (QED) is 0.508. The number of hydrogen-bond acceptors (Lipinski definition) is 3. The molecule has 0 aromatic heterocycles. The van der Waals surface area contributed by atoms with E-state index in [0.717, 1.165) is 32.4 Å². The van der Waals surface area contributed by atoms with E-state index >= 15 is 0 Å². The average molecular weight is 493 g/mol. The van der Waals surface area contributed by atoms with Gasteiger partial charge in [0.1, 0.15) is 5.75 Å². The molecule has 0 radical (unpaired) electrons. The molecular formula is C26H25BrN2O3. The molecule has 0 unspecified atom stereocenters. The molecule has 6 heteroatoms. The van der Waals surface area contributed by atoms with E-state index < -0.39 is 0 Å². The first kappa shape index (κ1) is 22.1. The molecule has 1 aliphatic rings. The number of nitrogens with one attached hydrogen (secondary N) is 1. The van der Waals surface area contributed by atoms with E-state index in [1.54, 1.807) is 6.07 Å². The fourth-order valence-electron chi connectivity index (χ4n) is 3.92. The van der Waals surface area contributed by atoms with Gasteiger partial charge in [0.15, 0.2) is 6.61 Å². The smallest absolute Gasteiger partial charge is 0.262 e. The molecule has 2 amide bonds. The van der Waals surface area contributed by atoms with Crippen molar-refractivity contribution in [1.82, 2.24) is 4.90 Å². The summed E-state index contributed by atoms with van der Waals surface area (Å²) in [4.78, 5) is 27.3. The van der Waals surface area contributed by atoms with Crippen LogP contribution in [0.25, 0.3) is 0 Å². The molecule has 0 saturated heterocycles. The van der Waals surface area contributed by atoms with Crippen LogP contribution in [-0.4, -0.2) is 29.9 Å². The standard InChI is InChI=1S/C26H25BrN2O3/c1-17-6-11-23(18(2)14-17)28-25(30)16-32-24-5-3-4-22-21(24)12-13-29(26(22)31)15-19-7-9-20(27)10-8-19/h3-11,14H,12-13,15-16H2,1-2H3,(H,28,30). The third kappa shape index (κ3) is 5.02. The molecule has 0 aliphatic carbocycles. The van der Waals surface area contributed by atoms with Crippen LogP contribution in [0.4, 0.5) is 5.69 Å². The van der Waals surface area contributed by atoms with Crippen LogP contribution >= 0.6 is 15.9 Å². The van der Waals surface area contributed by atoms with E-state index in [0.29, 0.717) is 30.8 Å². The number of amides is 2. The Morgan fingerprint density at radius 1 is 1.09 bits per heavy atom. The number of fused-ring (bicyclic) bond motifs is 1. The first-order valence-electron chi connectivity index (χ1n) is 10.6. The van der Waals surface area contributed by atoms with E-state index in [-0.39, 0.29) is 18.4 Å². The Morgan fingerprint density at radius 2 is 1.88 bits per heavy atom. The zero-order chi connectivity index (χ0) is 22.7. The van der Waals surface area contributed by atoms with Crippen molar-refractivity contribution in [3.63, 3.8) is 0 Å². The van der Waals surface area contributed by atoms with Crippen molar-refractivity contribution in [2.75, 3.05) is 18.5 Å². The number of benzene rings is 3. The molecule has 4 rings (SSSR count). The van der Waals surface area contributed by atoms with Gasteiger partial charge in [-0.2, -0.15) is 0 Å². The Kier molecular flexibility index (Phi) is 6.61. The lowest BCUT2D eigenvalue weighted by atomic mass is 9.97. The number of anilines is 1. The van der Waals surface area contributed by atoms with E-state index in [2.05, 4.69) is 21.2 Å². The van der Waals surface area contributed by atoms with Crippen LogP contribution in [0, 0.1) is 13.8 Å². The van der Waals surface area contributed by atoms with Gasteiger partial charge in [-0.3, -0.25) is 9.59 Å². The van der Waals surface area contributed by atoms with Crippen LogP contribution in [0.5, 0.6) is 5.75 Å². The summed E-state index contributed by atoms with van der Waals surface area (Å²) < 4.78 is 6.84. The Bertz CT molecular complexity index is 1160. The van der Waals surface area contributed by atoms with Crippen LogP contribution in [0.15, 0.2) is 65.1 Å². The number of aryl methyl sites for hydroxylation is 2. The summed E-state index contributed by atoms with van der Waals surface area (Å²) in [6.45, 7) is 5.04. The van der Waals surface area contributed by atoms with Crippen molar-refractivity contribution >= 4 is 33.4 Å². The zero-order valence-corrected chi connectivity index (χ0v) is 19.7. The molecule has 3 aromatic rings. The van der Waals surface area contributed by atoms with Gasteiger partial charge in [0.05, 0.1) is 0 Å². The highest BCUT2D eigenvalue weighted by atomic mass is 79.9. The second-order valence-electron chi connectivity index (χ2n) is 8.04. The van der Waals surface area contributed by atoms with Gasteiger partial charge >= 0.3 is 0 Å². The van der Waals surface area contributed by atoms with Crippen molar-refractivity contribution in [3.05, 3.63) is 93.0 Å². The Morgan fingerprint density at radius 3 is 2.62 bits per heavy atom. The van der Waals surface area contributed by atoms with Crippen molar-refractivity contribution in [2.45, 2.75) is 26.8 Å². The molecule has 0 saturated carbocycles. The second-order valence-corrected chi connectivity index (χ2v) is 8.96. The summed E-state index contributed by atoms with van der Waals surface area (Å²) in [7, 11) is 0. The van der Waals surface area contributed by atoms with Gasteiger partial charge in [-0.1, -0.05) is 51.8 Å². The number of hydrogen-bond donors (Lipinski definition) is 1. The third-order valence-electron chi connectivity index (χ3n) is 5.58. The SMILES string of the molecule is Cc1ccc(NC(=O)COc2cccc3c2CCN(Cc2ccc(Br)cc2)C3=O)c(C)c1. The lowest BCUT2D eigenvalue weighted by molar-refractivity contribution is -0.118. The van der Waals surface area contributed by atoms with E-state index in [1.165, 1.54) is 0 Å². The van der Waals surface area contributed by atoms with Crippen LogP contribution in [0.3, 0.4) is 0 Å². The minimum absolute atomic E-state index is 0.0145. The summed E-state index contributed by atoms with van der Waals surface area (Å²) in [6.07, 6.45) is 0.687. The minimum atomic E-state index is -0.228. The topological polar surface area (TPSA) is 58.6 Å². The van der Waals surface area contributed by atoms with Crippen molar-refractivity contribution in [2.24, 2.45) is 0 Å². The van der Waals surface area contributed by atoms with Gasteiger partial charge in [-0.25, -0.2) is 0 Å². The molecular weight excluding hydrogens is 468 g/mol. The van der Waals surface area contributed by atoms with Crippen LogP contribution in [0.2, 0.25) is 0 Å². The molecule has 5 nitrogen and oxygen atoms in total. The fourth-order valence-corrected chi connectivity index (χ4v) is 4.19. The summed E-state index contributed by atoms with van der Waals surface area (Å²) in [5, 5.41) is 2.89. The monoisotopic (exact) mass is 492 g/mol. The molecule has 1 N–H and O–H groups in total. The molecule has 164 valence electrons. The number of carbonyl (C=O) groups excluding carboxylic acids is 2. The van der Waals surface area contributed by atoms with E-state index in [1.807, 2.05) is 73.3 Å².